The molecule has 0 atom stereocenters. The molecular weight excluding hydrogens is 369 g/mol. The van der Waals surface area contributed by atoms with Gasteiger partial charge in [-0.2, -0.15) is 0 Å². The molecule has 0 spiro atoms. The number of rotatable bonds is 3. The Balaban J connectivity index is 2.14. The summed E-state index contributed by atoms with van der Waals surface area (Å²) in [4.78, 5) is 10.3. The van der Waals surface area contributed by atoms with E-state index in [-0.39, 0.29) is 15.8 Å². The van der Waals surface area contributed by atoms with Gasteiger partial charge in [-0.1, -0.05) is 34.8 Å². The summed E-state index contributed by atoms with van der Waals surface area (Å²) in [6, 6.07) is 9.16. The van der Waals surface area contributed by atoms with Crippen LogP contribution in [0.5, 0.6) is 0 Å². The largest absolute Gasteiger partial charge is 0.332 e. The molecule has 2 N–H and O–H groups in total. The smallest absolute Gasteiger partial charge is 0.289 e. The summed E-state index contributed by atoms with van der Waals surface area (Å²) >= 11 is 22.8. The summed E-state index contributed by atoms with van der Waals surface area (Å²) in [5.74, 6) is 0. The van der Waals surface area contributed by atoms with Gasteiger partial charge in [0.25, 0.3) is 5.69 Å². The second kappa shape index (κ2) is 7.11. The van der Waals surface area contributed by atoms with Gasteiger partial charge >= 0.3 is 0 Å². The first kappa shape index (κ1) is 16.8. The molecule has 114 valence electrons. The SMILES string of the molecule is O=[N+]([O-])c1cc(NC(=S)Nc2cc(Cl)ccc2Cl)ccc1Cl. The molecule has 0 radical (unpaired) electrons. The predicted molar refractivity (Wildman–Crippen MR) is 94.4 cm³/mol. The maximum atomic E-state index is 10.8. The third-order valence-electron chi connectivity index (χ3n) is 2.58. The van der Waals surface area contributed by atoms with E-state index in [1.165, 1.54) is 12.1 Å². The maximum Gasteiger partial charge on any atom is 0.289 e. The molecule has 5 nitrogen and oxygen atoms in total. The lowest BCUT2D eigenvalue weighted by Gasteiger charge is -2.12. The fraction of sp³-hybridized carbons (Fsp3) is 0. The molecule has 0 aliphatic rings. The highest BCUT2D eigenvalue weighted by atomic mass is 35.5. The van der Waals surface area contributed by atoms with Crippen LogP contribution >= 0.6 is 47.0 Å². The summed E-state index contributed by atoms with van der Waals surface area (Å²) in [7, 11) is 0. The van der Waals surface area contributed by atoms with Crippen LogP contribution in [0.3, 0.4) is 0 Å². The number of nitrogens with one attached hydrogen (secondary N) is 2. The lowest BCUT2D eigenvalue weighted by molar-refractivity contribution is -0.384. The van der Waals surface area contributed by atoms with Crippen LogP contribution in [0.1, 0.15) is 0 Å². The fourth-order valence-corrected chi connectivity index (χ4v) is 2.36. The van der Waals surface area contributed by atoms with Gasteiger partial charge in [0, 0.05) is 16.8 Å². The number of hydrogen-bond acceptors (Lipinski definition) is 3. The Morgan fingerprint density at radius 3 is 2.41 bits per heavy atom. The van der Waals surface area contributed by atoms with Crippen LogP contribution in [0.15, 0.2) is 36.4 Å². The average molecular weight is 377 g/mol. The molecular formula is C13H8Cl3N3O2S. The molecule has 0 saturated heterocycles. The average Bonchev–Trinajstić information content (AvgIpc) is 2.44. The van der Waals surface area contributed by atoms with E-state index in [1.807, 2.05) is 0 Å². The number of anilines is 2. The van der Waals surface area contributed by atoms with Crippen molar-refractivity contribution in [1.82, 2.24) is 0 Å². The van der Waals surface area contributed by atoms with E-state index in [9.17, 15) is 10.1 Å². The van der Waals surface area contributed by atoms with E-state index in [0.717, 1.165) is 0 Å². The minimum atomic E-state index is -0.572. The zero-order chi connectivity index (χ0) is 16.3. The first-order chi connectivity index (χ1) is 10.4. The molecule has 0 aliphatic heterocycles. The summed E-state index contributed by atoms with van der Waals surface area (Å²) in [6.07, 6.45) is 0. The second-order valence-electron chi connectivity index (χ2n) is 4.13. The number of benzene rings is 2. The van der Waals surface area contributed by atoms with E-state index < -0.39 is 4.92 Å². The van der Waals surface area contributed by atoms with Crippen molar-refractivity contribution in [3.63, 3.8) is 0 Å². The Morgan fingerprint density at radius 1 is 1.05 bits per heavy atom. The Morgan fingerprint density at radius 2 is 1.73 bits per heavy atom. The summed E-state index contributed by atoms with van der Waals surface area (Å²) in [6.45, 7) is 0. The van der Waals surface area contributed by atoms with Crippen LogP contribution < -0.4 is 10.6 Å². The van der Waals surface area contributed by atoms with Crippen LogP contribution in [0.2, 0.25) is 15.1 Å². The minimum Gasteiger partial charge on any atom is -0.332 e. The van der Waals surface area contributed by atoms with Gasteiger partial charge in [0.2, 0.25) is 0 Å². The quantitative estimate of drug-likeness (QED) is 0.428. The summed E-state index contributed by atoms with van der Waals surface area (Å²) in [5.41, 5.74) is 0.733. The molecule has 0 amide bonds. The zero-order valence-electron chi connectivity index (χ0n) is 10.8. The molecule has 2 rings (SSSR count). The monoisotopic (exact) mass is 375 g/mol. The van der Waals surface area contributed by atoms with Gasteiger partial charge in [-0.05, 0) is 42.5 Å². The van der Waals surface area contributed by atoms with E-state index in [1.54, 1.807) is 24.3 Å². The molecule has 22 heavy (non-hydrogen) atoms. The zero-order valence-corrected chi connectivity index (χ0v) is 13.9. The van der Waals surface area contributed by atoms with E-state index in [2.05, 4.69) is 10.6 Å². The maximum absolute atomic E-state index is 10.8. The van der Waals surface area contributed by atoms with Gasteiger partial charge in [0.05, 0.1) is 15.6 Å². The van der Waals surface area contributed by atoms with Crippen molar-refractivity contribution >= 4 is 69.2 Å². The molecule has 0 unspecified atom stereocenters. The van der Waals surface area contributed by atoms with Crippen molar-refractivity contribution in [2.45, 2.75) is 0 Å². The highest BCUT2D eigenvalue weighted by Gasteiger charge is 2.13. The van der Waals surface area contributed by atoms with Crippen LogP contribution in [0, 0.1) is 10.1 Å². The molecule has 0 fully saturated rings. The van der Waals surface area contributed by atoms with E-state index in [4.69, 9.17) is 47.0 Å². The Bertz CT molecular complexity index is 755. The molecule has 0 aromatic heterocycles. The first-order valence-electron chi connectivity index (χ1n) is 5.84. The summed E-state index contributed by atoms with van der Waals surface area (Å²) < 4.78 is 0. The number of nitro groups is 1. The second-order valence-corrected chi connectivity index (χ2v) is 5.79. The molecule has 0 bridgehead atoms. The van der Waals surface area contributed by atoms with Crippen LogP contribution in [0.25, 0.3) is 0 Å². The van der Waals surface area contributed by atoms with Gasteiger partial charge in [-0.15, -0.1) is 0 Å². The summed E-state index contributed by atoms with van der Waals surface area (Å²) in [5, 5.41) is 17.7. The molecule has 0 saturated carbocycles. The van der Waals surface area contributed by atoms with Gasteiger partial charge in [0.15, 0.2) is 5.11 Å². The highest BCUT2D eigenvalue weighted by Crippen LogP contribution is 2.28. The van der Waals surface area contributed by atoms with Gasteiger partial charge in [-0.25, -0.2) is 0 Å². The normalized spacial score (nSPS) is 10.1. The van der Waals surface area contributed by atoms with Crippen molar-refractivity contribution in [3.05, 3.63) is 61.6 Å². The van der Waals surface area contributed by atoms with Gasteiger partial charge < -0.3 is 10.6 Å². The molecule has 9 heteroatoms. The fourth-order valence-electron chi connectivity index (χ4n) is 1.61. The predicted octanol–water partition coefficient (Wildman–Crippen LogP) is 5.36. The third kappa shape index (κ3) is 4.20. The third-order valence-corrected chi connectivity index (χ3v) is 3.67. The van der Waals surface area contributed by atoms with Crippen LogP contribution in [-0.2, 0) is 0 Å². The number of hydrogen-bond donors (Lipinski definition) is 2. The Labute approximate surface area is 146 Å². The molecule has 0 heterocycles. The van der Waals surface area contributed by atoms with Crippen molar-refractivity contribution in [2.75, 3.05) is 10.6 Å². The van der Waals surface area contributed by atoms with E-state index in [0.29, 0.717) is 21.4 Å². The lowest BCUT2D eigenvalue weighted by atomic mass is 10.3. The molecule has 2 aromatic carbocycles. The van der Waals surface area contributed by atoms with Crippen molar-refractivity contribution in [2.24, 2.45) is 0 Å². The Kier molecular flexibility index (Phi) is 5.42. The number of nitrogens with zero attached hydrogens (tertiary/aromatic N) is 1. The standard InChI is InChI=1S/C13H8Cl3N3O2S/c14-7-1-3-9(15)11(5-7)18-13(22)17-8-2-4-10(16)12(6-8)19(20)21/h1-6H,(H2,17,18,22). The molecule has 0 aliphatic carbocycles. The minimum absolute atomic E-state index is 0.0484. The topological polar surface area (TPSA) is 67.2 Å². The highest BCUT2D eigenvalue weighted by molar-refractivity contribution is 7.80. The molecule has 2 aromatic rings. The first-order valence-corrected chi connectivity index (χ1v) is 7.38. The van der Waals surface area contributed by atoms with Crippen LogP contribution in [0.4, 0.5) is 17.1 Å². The van der Waals surface area contributed by atoms with Crippen molar-refractivity contribution in [1.29, 1.82) is 0 Å². The van der Waals surface area contributed by atoms with Gasteiger partial charge in [-0.3, -0.25) is 10.1 Å². The number of nitro benzene ring substituents is 1. The number of halogens is 3. The lowest BCUT2D eigenvalue weighted by Crippen LogP contribution is -2.19. The number of thiocarbonyl (C=S) groups is 1. The van der Waals surface area contributed by atoms with E-state index >= 15 is 0 Å². The van der Waals surface area contributed by atoms with Gasteiger partial charge in [0.1, 0.15) is 5.02 Å². The van der Waals surface area contributed by atoms with Crippen molar-refractivity contribution < 1.29 is 4.92 Å². The van der Waals surface area contributed by atoms with Crippen molar-refractivity contribution in [3.8, 4) is 0 Å². The Hall–Kier alpha value is -1.60. The van der Waals surface area contributed by atoms with Crippen LogP contribution in [-0.4, -0.2) is 10.0 Å².